The van der Waals surface area contributed by atoms with Crippen LogP contribution in [0.25, 0.3) is 0 Å². The number of thiophene rings is 1. The van der Waals surface area contributed by atoms with E-state index in [1.165, 1.54) is 9.75 Å². The van der Waals surface area contributed by atoms with E-state index in [0.29, 0.717) is 12.0 Å². The van der Waals surface area contributed by atoms with E-state index in [-0.39, 0.29) is 6.09 Å². The molecule has 0 aliphatic carbocycles. The molecule has 1 saturated heterocycles. The van der Waals surface area contributed by atoms with Gasteiger partial charge < -0.3 is 20.3 Å². The molecule has 1 fully saturated rings. The van der Waals surface area contributed by atoms with Crippen molar-refractivity contribution in [3.63, 3.8) is 0 Å². The number of amides is 1. The van der Waals surface area contributed by atoms with Crippen LogP contribution in [0.4, 0.5) is 4.79 Å². The van der Waals surface area contributed by atoms with Crippen LogP contribution in [0, 0.1) is 12.8 Å². The average Bonchev–Trinajstić information content (AvgIpc) is 3.02. The third-order valence-electron chi connectivity index (χ3n) is 4.64. The lowest BCUT2D eigenvalue weighted by molar-refractivity contribution is 0.0168. The molecule has 0 radical (unpaired) electrons. The molecule has 0 aromatic carbocycles. The van der Waals surface area contributed by atoms with Crippen molar-refractivity contribution in [1.29, 1.82) is 0 Å². The topological polar surface area (TPSA) is 66.0 Å². The Morgan fingerprint density at radius 1 is 1.43 bits per heavy atom. The second-order valence-electron chi connectivity index (χ2n) is 8.65. The van der Waals surface area contributed by atoms with Gasteiger partial charge in [0.2, 0.25) is 0 Å². The van der Waals surface area contributed by atoms with Gasteiger partial charge in [0.25, 0.3) is 0 Å². The summed E-state index contributed by atoms with van der Waals surface area (Å²) in [5.41, 5.74) is -0.453. The highest BCUT2D eigenvalue weighted by atomic mass is 32.1. The molecule has 1 aromatic heterocycles. The standard InChI is InChI=1S/C21H36N4O2S/c1-15(12-18-10-9-16(2)28-18)24-19(22-6)23-13-17-8-7-11-25(14-17)20(26)27-21(3,4)5/h9-10,15,17H,7-8,11-14H2,1-6H3,(H2,22,23,24). The molecule has 28 heavy (non-hydrogen) atoms. The van der Waals surface area contributed by atoms with Gasteiger partial charge in [0.05, 0.1) is 0 Å². The Hall–Kier alpha value is -1.76. The average molecular weight is 409 g/mol. The minimum Gasteiger partial charge on any atom is -0.444 e. The largest absolute Gasteiger partial charge is 0.444 e. The van der Waals surface area contributed by atoms with Crippen molar-refractivity contribution in [1.82, 2.24) is 15.5 Å². The number of rotatable bonds is 5. The highest BCUT2D eigenvalue weighted by Crippen LogP contribution is 2.19. The summed E-state index contributed by atoms with van der Waals surface area (Å²) in [4.78, 5) is 21.2. The first kappa shape index (κ1) is 22.5. The van der Waals surface area contributed by atoms with Gasteiger partial charge in [-0.15, -0.1) is 11.3 Å². The Morgan fingerprint density at radius 3 is 2.79 bits per heavy atom. The number of likely N-dealkylation sites (tertiary alicyclic amines) is 1. The van der Waals surface area contributed by atoms with E-state index in [1.54, 1.807) is 7.05 Å². The zero-order chi connectivity index (χ0) is 20.7. The molecule has 1 aliphatic rings. The number of hydrogen-bond donors (Lipinski definition) is 2. The number of aryl methyl sites for hydroxylation is 1. The van der Waals surface area contributed by atoms with Crippen molar-refractivity contribution in [2.75, 3.05) is 26.7 Å². The predicted molar refractivity (Wildman–Crippen MR) is 117 cm³/mol. The maximum absolute atomic E-state index is 12.3. The second kappa shape index (κ2) is 10.1. The SMILES string of the molecule is CN=C(NCC1CCCN(C(=O)OC(C)(C)C)C1)NC(C)Cc1ccc(C)s1. The molecule has 2 atom stereocenters. The maximum atomic E-state index is 12.3. The van der Waals surface area contributed by atoms with Crippen LogP contribution < -0.4 is 10.6 Å². The zero-order valence-corrected chi connectivity index (χ0v) is 19.0. The van der Waals surface area contributed by atoms with E-state index >= 15 is 0 Å². The maximum Gasteiger partial charge on any atom is 0.410 e. The van der Waals surface area contributed by atoms with Crippen molar-refractivity contribution in [3.8, 4) is 0 Å². The third kappa shape index (κ3) is 7.70. The van der Waals surface area contributed by atoms with E-state index in [1.807, 2.05) is 37.0 Å². The highest BCUT2D eigenvalue weighted by molar-refractivity contribution is 7.11. The quantitative estimate of drug-likeness (QED) is 0.574. The summed E-state index contributed by atoms with van der Waals surface area (Å²) in [5, 5.41) is 6.90. The predicted octanol–water partition coefficient (Wildman–Crippen LogP) is 3.80. The molecule has 7 heteroatoms. The van der Waals surface area contributed by atoms with Gasteiger partial charge in [-0.1, -0.05) is 0 Å². The molecule has 0 spiro atoms. The van der Waals surface area contributed by atoms with Gasteiger partial charge in [-0.25, -0.2) is 4.79 Å². The van der Waals surface area contributed by atoms with Gasteiger partial charge in [0.15, 0.2) is 5.96 Å². The number of nitrogens with one attached hydrogen (secondary N) is 2. The van der Waals surface area contributed by atoms with Crippen LogP contribution in [0.15, 0.2) is 17.1 Å². The summed E-state index contributed by atoms with van der Waals surface area (Å²) in [6.07, 6.45) is 2.88. The minimum absolute atomic E-state index is 0.209. The molecule has 2 N–H and O–H groups in total. The molecular weight excluding hydrogens is 372 g/mol. The number of piperidine rings is 1. The second-order valence-corrected chi connectivity index (χ2v) is 10.0. The van der Waals surface area contributed by atoms with E-state index in [4.69, 9.17) is 4.74 Å². The van der Waals surface area contributed by atoms with Crippen molar-refractivity contribution in [2.45, 2.75) is 65.5 Å². The van der Waals surface area contributed by atoms with Crippen molar-refractivity contribution >= 4 is 23.4 Å². The lowest BCUT2D eigenvalue weighted by Gasteiger charge is -2.34. The van der Waals surface area contributed by atoms with Crippen LogP contribution in [0.3, 0.4) is 0 Å². The summed E-state index contributed by atoms with van der Waals surface area (Å²) < 4.78 is 5.51. The van der Waals surface area contributed by atoms with Crippen LogP contribution in [0.2, 0.25) is 0 Å². The van der Waals surface area contributed by atoms with Gasteiger partial charge in [-0.2, -0.15) is 0 Å². The number of aliphatic imine (C=N–C) groups is 1. The highest BCUT2D eigenvalue weighted by Gasteiger charge is 2.27. The Kier molecular flexibility index (Phi) is 8.16. The number of guanidine groups is 1. The number of carbonyl (C=O) groups is 1. The Balaban J connectivity index is 1.78. The van der Waals surface area contributed by atoms with Crippen LogP contribution in [-0.4, -0.2) is 55.3 Å². The van der Waals surface area contributed by atoms with E-state index < -0.39 is 5.60 Å². The lowest BCUT2D eigenvalue weighted by atomic mass is 9.98. The molecule has 1 amide bonds. The van der Waals surface area contributed by atoms with Crippen LogP contribution in [-0.2, 0) is 11.2 Å². The first-order chi connectivity index (χ1) is 13.2. The zero-order valence-electron chi connectivity index (χ0n) is 18.2. The summed E-state index contributed by atoms with van der Waals surface area (Å²) in [6, 6.07) is 4.66. The molecule has 1 aromatic rings. The van der Waals surface area contributed by atoms with E-state index in [0.717, 1.165) is 44.9 Å². The van der Waals surface area contributed by atoms with Crippen molar-refractivity contribution in [3.05, 3.63) is 21.9 Å². The monoisotopic (exact) mass is 408 g/mol. The molecule has 6 nitrogen and oxygen atoms in total. The van der Waals surface area contributed by atoms with Crippen molar-refractivity contribution < 1.29 is 9.53 Å². The third-order valence-corrected chi connectivity index (χ3v) is 5.66. The fourth-order valence-electron chi connectivity index (χ4n) is 3.34. The summed E-state index contributed by atoms with van der Waals surface area (Å²) in [6.45, 7) is 12.3. The first-order valence-corrected chi connectivity index (χ1v) is 11.0. The van der Waals surface area contributed by atoms with Crippen LogP contribution in [0.1, 0.15) is 50.3 Å². The summed E-state index contributed by atoms with van der Waals surface area (Å²) in [5.74, 6) is 1.21. The number of ether oxygens (including phenoxy) is 1. The normalized spacial score (nSPS) is 19.3. The number of hydrogen-bond acceptors (Lipinski definition) is 4. The smallest absolute Gasteiger partial charge is 0.410 e. The van der Waals surface area contributed by atoms with Gasteiger partial charge in [-0.3, -0.25) is 4.99 Å². The van der Waals surface area contributed by atoms with Crippen LogP contribution >= 0.6 is 11.3 Å². The molecule has 0 saturated carbocycles. The molecule has 2 rings (SSSR count). The lowest BCUT2D eigenvalue weighted by Crippen LogP contribution is -2.48. The molecule has 1 aliphatic heterocycles. The van der Waals surface area contributed by atoms with Crippen LogP contribution in [0.5, 0.6) is 0 Å². The minimum atomic E-state index is -0.453. The fourth-order valence-corrected chi connectivity index (χ4v) is 4.36. The number of carbonyl (C=O) groups excluding carboxylic acids is 1. The van der Waals surface area contributed by atoms with Gasteiger partial charge in [-0.05, 0) is 65.5 Å². The Morgan fingerprint density at radius 2 is 2.18 bits per heavy atom. The van der Waals surface area contributed by atoms with Gasteiger partial charge >= 0.3 is 6.09 Å². The van der Waals surface area contributed by atoms with Crippen molar-refractivity contribution in [2.24, 2.45) is 10.9 Å². The van der Waals surface area contributed by atoms with E-state index in [9.17, 15) is 4.79 Å². The van der Waals surface area contributed by atoms with Gasteiger partial charge in [0.1, 0.15) is 5.60 Å². The Labute approximate surface area is 173 Å². The Bertz CT molecular complexity index is 666. The molecule has 0 bridgehead atoms. The fraction of sp³-hybridized carbons (Fsp3) is 0.714. The number of nitrogens with zero attached hydrogens (tertiary/aromatic N) is 2. The molecule has 2 heterocycles. The first-order valence-electron chi connectivity index (χ1n) is 10.2. The molecular formula is C21H36N4O2S. The molecule has 158 valence electrons. The summed E-state index contributed by atoms with van der Waals surface area (Å²) in [7, 11) is 1.80. The molecule has 2 unspecified atom stereocenters. The summed E-state index contributed by atoms with van der Waals surface area (Å²) >= 11 is 1.84. The van der Waals surface area contributed by atoms with Gasteiger partial charge in [0, 0.05) is 48.9 Å². The van der Waals surface area contributed by atoms with E-state index in [2.05, 4.69) is 41.6 Å².